The largest absolute Gasteiger partial charge is 0.375 e. The molecule has 1 amide bonds. The van der Waals surface area contributed by atoms with Gasteiger partial charge in [0.1, 0.15) is 0 Å². The highest BCUT2D eigenvalue weighted by atomic mass is 16.5. The van der Waals surface area contributed by atoms with Crippen molar-refractivity contribution in [1.29, 1.82) is 0 Å². The maximum Gasteiger partial charge on any atom is 0.223 e. The van der Waals surface area contributed by atoms with Gasteiger partial charge in [-0.25, -0.2) is 0 Å². The molecule has 0 spiro atoms. The lowest BCUT2D eigenvalue weighted by Gasteiger charge is -2.33. The molecule has 17 heavy (non-hydrogen) atoms. The Kier molecular flexibility index (Phi) is 4.40. The first-order valence-electron chi connectivity index (χ1n) is 6.80. The van der Waals surface area contributed by atoms with Crippen molar-refractivity contribution >= 4 is 5.91 Å². The molecule has 2 fully saturated rings. The predicted octanol–water partition coefficient (Wildman–Crippen LogP) is 1.14. The van der Waals surface area contributed by atoms with E-state index in [2.05, 4.69) is 0 Å². The number of morpholine rings is 1. The van der Waals surface area contributed by atoms with Crippen LogP contribution in [0.15, 0.2) is 0 Å². The lowest BCUT2D eigenvalue weighted by atomic mass is 9.84. The van der Waals surface area contributed by atoms with Crippen LogP contribution in [0, 0.1) is 5.92 Å². The fraction of sp³-hybridized carbons (Fsp3) is 0.923. The van der Waals surface area contributed by atoms with E-state index in [-0.39, 0.29) is 6.10 Å². The Bertz CT molecular complexity index is 262. The van der Waals surface area contributed by atoms with Crippen LogP contribution in [0.3, 0.4) is 0 Å². The van der Waals surface area contributed by atoms with Crippen molar-refractivity contribution in [2.45, 2.75) is 51.2 Å². The molecule has 1 saturated carbocycles. The third kappa shape index (κ3) is 3.68. The summed E-state index contributed by atoms with van der Waals surface area (Å²) in [6, 6.07) is 0.366. The van der Waals surface area contributed by atoms with Crippen molar-refractivity contribution in [3.63, 3.8) is 0 Å². The van der Waals surface area contributed by atoms with Crippen molar-refractivity contribution in [1.82, 2.24) is 4.90 Å². The summed E-state index contributed by atoms with van der Waals surface area (Å²) >= 11 is 0. The number of hydrogen-bond acceptors (Lipinski definition) is 3. The molecule has 2 rings (SSSR count). The minimum absolute atomic E-state index is 0.187. The van der Waals surface area contributed by atoms with E-state index in [4.69, 9.17) is 10.5 Å². The monoisotopic (exact) mass is 240 g/mol. The summed E-state index contributed by atoms with van der Waals surface area (Å²) in [5, 5.41) is 0. The van der Waals surface area contributed by atoms with Gasteiger partial charge in [-0.05, 0) is 38.5 Å². The zero-order valence-electron chi connectivity index (χ0n) is 10.7. The molecule has 2 aliphatic rings. The maximum absolute atomic E-state index is 12.1. The van der Waals surface area contributed by atoms with Gasteiger partial charge in [0.2, 0.25) is 5.91 Å². The van der Waals surface area contributed by atoms with Crippen LogP contribution in [0.1, 0.15) is 39.0 Å². The number of rotatable bonds is 2. The molecule has 2 N–H and O–H groups in total. The maximum atomic E-state index is 12.1. The molecule has 4 heteroatoms. The topological polar surface area (TPSA) is 55.6 Å². The Labute approximate surface area is 103 Å². The number of carbonyl (C=O) groups is 1. The van der Waals surface area contributed by atoms with E-state index in [9.17, 15) is 4.79 Å². The van der Waals surface area contributed by atoms with Gasteiger partial charge >= 0.3 is 0 Å². The molecule has 0 bridgehead atoms. The molecule has 0 radical (unpaired) electrons. The third-order valence-corrected chi connectivity index (χ3v) is 3.95. The summed E-state index contributed by atoms with van der Waals surface area (Å²) in [7, 11) is 0. The van der Waals surface area contributed by atoms with Crippen LogP contribution in [0.25, 0.3) is 0 Å². The average Bonchev–Trinajstić information content (AvgIpc) is 2.32. The fourth-order valence-electron chi connectivity index (χ4n) is 2.81. The number of amides is 1. The van der Waals surface area contributed by atoms with Crippen molar-refractivity contribution in [2.24, 2.45) is 11.7 Å². The number of nitrogens with two attached hydrogens (primary N) is 1. The van der Waals surface area contributed by atoms with Crippen molar-refractivity contribution < 1.29 is 9.53 Å². The van der Waals surface area contributed by atoms with Crippen LogP contribution in [0.4, 0.5) is 0 Å². The first kappa shape index (κ1) is 12.8. The van der Waals surface area contributed by atoms with Crippen molar-refractivity contribution in [3.05, 3.63) is 0 Å². The van der Waals surface area contributed by atoms with E-state index in [0.717, 1.165) is 38.8 Å². The second-order valence-electron chi connectivity index (χ2n) is 5.51. The minimum Gasteiger partial charge on any atom is -0.375 e. The highest BCUT2D eigenvalue weighted by Crippen LogP contribution is 2.26. The summed E-state index contributed by atoms with van der Waals surface area (Å²) in [5.41, 5.74) is 5.88. The van der Waals surface area contributed by atoms with E-state index in [0.29, 0.717) is 30.9 Å². The van der Waals surface area contributed by atoms with E-state index < -0.39 is 0 Å². The van der Waals surface area contributed by atoms with Crippen LogP contribution in [0.5, 0.6) is 0 Å². The molecule has 1 saturated heterocycles. The quantitative estimate of drug-likeness (QED) is 0.787. The first-order chi connectivity index (χ1) is 8.15. The van der Waals surface area contributed by atoms with Crippen LogP contribution < -0.4 is 5.73 Å². The van der Waals surface area contributed by atoms with Crippen molar-refractivity contribution in [2.75, 3.05) is 19.7 Å². The van der Waals surface area contributed by atoms with Gasteiger partial charge in [-0.1, -0.05) is 0 Å². The molecule has 1 heterocycles. The van der Waals surface area contributed by atoms with Gasteiger partial charge in [-0.3, -0.25) is 4.79 Å². The molecule has 1 aliphatic heterocycles. The number of nitrogens with zero attached hydrogens (tertiary/aromatic N) is 1. The average molecular weight is 240 g/mol. The molecule has 0 aromatic rings. The number of ether oxygens (including phenoxy) is 1. The van der Waals surface area contributed by atoms with Gasteiger partial charge in [0, 0.05) is 25.6 Å². The fourth-order valence-corrected chi connectivity index (χ4v) is 2.81. The molecular weight excluding hydrogens is 216 g/mol. The van der Waals surface area contributed by atoms with Gasteiger partial charge in [-0.15, -0.1) is 0 Å². The highest BCUT2D eigenvalue weighted by molar-refractivity contribution is 5.76. The first-order valence-corrected chi connectivity index (χ1v) is 6.80. The van der Waals surface area contributed by atoms with E-state index in [1.807, 2.05) is 11.8 Å². The molecule has 1 unspecified atom stereocenters. The minimum atomic E-state index is 0.187. The Morgan fingerprint density at radius 3 is 2.71 bits per heavy atom. The number of carbonyl (C=O) groups excluding carboxylic acids is 1. The third-order valence-electron chi connectivity index (χ3n) is 3.95. The van der Waals surface area contributed by atoms with E-state index in [1.54, 1.807) is 0 Å². The lowest BCUT2D eigenvalue weighted by Crippen LogP contribution is -2.45. The molecule has 1 atom stereocenters. The Hall–Kier alpha value is -0.610. The van der Waals surface area contributed by atoms with Crippen LogP contribution in [0.2, 0.25) is 0 Å². The summed E-state index contributed by atoms with van der Waals surface area (Å²) < 4.78 is 5.45. The normalized spacial score (nSPS) is 34.7. The summed E-state index contributed by atoms with van der Waals surface area (Å²) in [6.07, 6.45) is 5.29. The summed E-state index contributed by atoms with van der Waals surface area (Å²) in [6.45, 7) is 4.22. The van der Waals surface area contributed by atoms with Crippen LogP contribution >= 0.6 is 0 Å². The Balaban J connectivity index is 1.76. The summed E-state index contributed by atoms with van der Waals surface area (Å²) in [5.74, 6) is 0.862. The second-order valence-corrected chi connectivity index (χ2v) is 5.51. The molecule has 1 aliphatic carbocycles. The van der Waals surface area contributed by atoms with Gasteiger partial charge in [-0.2, -0.15) is 0 Å². The van der Waals surface area contributed by atoms with E-state index in [1.165, 1.54) is 0 Å². The Morgan fingerprint density at radius 1 is 1.35 bits per heavy atom. The molecular formula is C13H24N2O2. The standard InChI is InChI=1S/C13H24N2O2/c1-10-9-15(6-7-17-10)13(16)8-11-2-4-12(14)5-3-11/h10-12H,2-9,14H2,1H3. The molecule has 98 valence electrons. The zero-order chi connectivity index (χ0) is 12.3. The predicted molar refractivity (Wildman–Crippen MR) is 66.5 cm³/mol. The van der Waals surface area contributed by atoms with Gasteiger partial charge in [0.25, 0.3) is 0 Å². The Morgan fingerprint density at radius 2 is 2.06 bits per heavy atom. The van der Waals surface area contributed by atoms with Crippen LogP contribution in [-0.2, 0) is 9.53 Å². The van der Waals surface area contributed by atoms with Crippen molar-refractivity contribution in [3.8, 4) is 0 Å². The van der Waals surface area contributed by atoms with Crippen LogP contribution in [-0.4, -0.2) is 42.6 Å². The van der Waals surface area contributed by atoms with Gasteiger partial charge in [0.15, 0.2) is 0 Å². The van der Waals surface area contributed by atoms with Gasteiger partial charge < -0.3 is 15.4 Å². The number of hydrogen-bond donors (Lipinski definition) is 1. The zero-order valence-corrected chi connectivity index (χ0v) is 10.7. The molecule has 0 aromatic carbocycles. The SMILES string of the molecule is CC1CN(C(=O)CC2CCC(N)CC2)CCO1. The second kappa shape index (κ2) is 5.83. The van der Waals surface area contributed by atoms with E-state index >= 15 is 0 Å². The summed E-state index contributed by atoms with van der Waals surface area (Å²) in [4.78, 5) is 14.1. The highest BCUT2D eigenvalue weighted by Gasteiger charge is 2.26. The van der Waals surface area contributed by atoms with Gasteiger partial charge in [0.05, 0.1) is 12.7 Å². The smallest absolute Gasteiger partial charge is 0.223 e. The molecule has 4 nitrogen and oxygen atoms in total. The lowest BCUT2D eigenvalue weighted by molar-refractivity contribution is -0.139. The molecule has 0 aromatic heterocycles.